The molecule has 90 valence electrons. The minimum absolute atomic E-state index is 0.0177. The highest BCUT2D eigenvalue weighted by molar-refractivity contribution is 5.85. The molecule has 0 saturated carbocycles. The third-order valence-corrected chi connectivity index (χ3v) is 3.63. The average Bonchev–Trinajstić information content (AvgIpc) is 2.86. The molecule has 3 aromatic rings. The Hall–Kier alpha value is -2.43. The Balaban J connectivity index is 2.00. The van der Waals surface area contributed by atoms with E-state index in [1.54, 1.807) is 4.57 Å². The summed E-state index contributed by atoms with van der Waals surface area (Å²) in [5.74, 6) is -0.0177. The van der Waals surface area contributed by atoms with E-state index in [-0.39, 0.29) is 11.6 Å². The van der Waals surface area contributed by atoms with E-state index in [0.717, 1.165) is 16.6 Å². The van der Waals surface area contributed by atoms with Crippen molar-refractivity contribution < 1.29 is 5.11 Å². The van der Waals surface area contributed by atoms with E-state index in [4.69, 9.17) is 0 Å². The van der Waals surface area contributed by atoms with Gasteiger partial charge in [0, 0.05) is 23.0 Å². The zero-order valence-corrected chi connectivity index (χ0v) is 9.53. The van der Waals surface area contributed by atoms with Gasteiger partial charge in [-0.2, -0.15) is 0 Å². The van der Waals surface area contributed by atoms with E-state index < -0.39 is 0 Å². The highest BCUT2D eigenvalue weighted by Gasteiger charge is 2.24. The van der Waals surface area contributed by atoms with Gasteiger partial charge in [0.25, 0.3) is 0 Å². The molecule has 18 heavy (non-hydrogen) atoms. The van der Waals surface area contributed by atoms with Crippen LogP contribution in [0.3, 0.4) is 0 Å². The minimum atomic E-state index is -0.258. The quantitative estimate of drug-likeness (QED) is 0.434. The van der Waals surface area contributed by atoms with Gasteiger partial charge in [-0.05, 0) is 11.6 Å². The molecular formula is C13H11N3O2. The van der Waals surface area contributed by atoms with Crippen molar-refractivity contribution >= 4 is 10.9 Å². The third kappa shape index (κ3) is 1.08. The first-order valence-electron chi connectivity index (χ1n) is 5.83. The first-order chi connectivity index (χ1) is 8.74. The van der Waals surface area contributed by atoms with Gasteiger partial charge < -0.3 is 10.1 Å². The van der Waals surface area contributed by atoms with Gasteiger partial charge in [-0.3, -0.25) is 9.55 Å². The van der Waals surface area contributed by atoms with Crippen LogP contribution in [-0.2, 0) is 13.0 Å². The van der Waals surface area contributed by atoms with E-state index in [9.17, 15) is 9.90 Å². The van der Waals surface area contributed by atoms with Crippen molar-refractivity contribution in [2.45, 2.75) is 13.0 Å². The molecule has 0 radical (unpaired) electrons. The summed E-state index contributed by atoms with van der Waals surface area (Å²) in [6, 6.07) is 8.05. The second-order valence-corrected chi connectivity index (χ2v) is 4.62. The van der Waals surface area contributed by atoms with Crippen molar-refractivity contribution in [2.24, 2.45) is 0 Å². The van der Waals surface area contributed by atoms with E-state index in [0.29, 0.717) is 18.7 Å². The molecule has 1 aliphatic heterocycles. The van der Waals surface area contributed by atoms with Crippen molar-refractivity contribution in [3.8, 4) is 5.88 Å². The number of aromatic amines is 2. The fourth-order valence-electron chi connectivity index (χ4n) is 2.76. The second-order valence-electron chi connectivity index (χ2n) is 4.62. The largest absolute Gasteiger partial charge is 0.493 e. The Bertz CT molecular complexity index is 822. The van der Waals surface area contributed by atoms with Gasteiger partial charge in [-0.1, -0.05) is 18.2 Å². The molecule has 1 aliphatic rings. The zero-order chi connectivity index (χ0) is 12.3. The Morgan fingerprint density at radius 3 is 2.94 bits per heavy atom. The highest BCUT2D eigenvalue weighted by atomic mass is 16.3. The molecule has 0 spiro atoms. The smallest absolute Gasteiger partial charge is 0.328 e. The number of H-pyrrole nitrogens is 2. The molecule has 2 aromatic heterocycles. The summed E-state index contributed by atoms with van der Waals surface area (Å²) in [6.07, 6.45) is 0.573. The molecule has 5 nitrogen and oxygen atoms in total. The molecule has 0 amide bonds. The van der Waals surface area contributed by atoms with Crippen LogP contribution in [0.4, 0.5) is 0 Å². The lowest BCUT2D eigenvalue weighted by atomic mass is 10.0. The molecule has 3 heterocycles. The topological polar surface area (TPSA) is 73.8 Å². The molecule has 0 atom stereocenters. The standard InChI is InChI=1S/C13H11N3O2/c17-12-11-5-8-7-3-1-2-4-9(7)14-10(8)6-16(11)13(18)15-12/h1-4,14,17H,5-6H2,(H,15,18). The molecule has 0 fully saturated rings. The molecule has 3 N–H and O–H groups in total. The van der Waals surface area contributed by atoms with Crippen molar-refractivity contribution in [3.05, 3.63) is 51.7 Å². The van der Waals surface area contributed by atoms with Crippen LogP contribution < -0.4 is 5.69 Å². The normalized spacial score (nSPS) is 13.6. The maximum atomic E-state index is 11.6. The fraction of sp³-hybridized carbons (Fsp3) is 0.154. The SMILES string of the molecule is O=c1[nH]c(O)c2n1Cc1[nH]c3ccccc3c1C2. The predicted molar refractivity (Wildman–Crippen MR) is 66.9 cm³/mol. The highest BCUT2D eigenvalue weighted by Crippen LogP contribution is 2.31. The summed E-state index contributed by atoms with van der Waals surface area (Å²) in [6.45, 7) is 0.481. The van der Waals surface area contributed by atoms with E-state index >= 15 is 0 Å². The molecule has 1 aromatic carbocycles. The predicted octanol–water partition coefficient (Wildman–Crippen LogP) is 1.32. The molecule has 0 saturated heterocycles. The molecule has 0 aliphatic carbocycles. The monoisotopic (exact) mass is 241 g/mol. The Morgan fingerprint density at radius 1 is 1.22 bits per heavy atom. The number of nitrogens with zero attached hydrogens (tertiary/aromatic N) is 1. The Kier molecular flexibility index (Phi) is 1.63. The van der Waals surface area contributed by atoms with Crippen molar-refractivity contribution in [3.63, 3.8) is 0 Å². The minimum Gasteiger partial charge on any atom is -0.493 e. The number of nitrogens with one attached hydrogen (secondary N) is 2. The molecule has 5 heteroatoms. The number of hydrogen-bond donors (Lipinski definition) is 3. The van der Waals surface area contributed by atoms with Crippen LogP contribution in [0.15, 0.2) is 29.1 Å². The van der Waals surface area contributed by atoms with Crippen LogP contribution in [0, 0.1) is 0 Å². The number of aromatic hydroxyl groups is 1. The first-order valence-corrected chi connectivity index (χ1v) is 5.83. The molecule has 4 rings (SSSR count). The Morgan fingerprint density at radius 2 is 2.06 bits per heavy atom. The number of benzene rings is 1. The maximum Gasteiger partial charge on any atom is 0.328 e. The lowest BCUT2D eigenvalue weighted by Crippen LogP contribution is -2.23. The van der Waals surface area contributed by atoms with E-state index in [1.807, 2.05) is 18.2 Å². The van der Waals surface area contributed by atoms with Gasteiger partial charge >= 0.3 is 5.69 Å². The third-order valence-electron chi connectivity index (χ3n) is 3.63. The van der Waals surface area contributed by atoms with Crippen LogP contribution in [0.25, 0.3) is 10.9 Å². The van der Waals surface area contributed by atoms with Gasteiger partial charge in [-0.25, -0.2) is 4.79 Å². The first kappa shape index (κ1) is 9.58. The van der Waals surface area contributed by atoms with Gasteiger partial charge in [-0.15, -0.1) is 0 Å². The van der Waals surface area contributed by atoms with Crippen molar-refractivity contribution in [1.29, 1.82) is 0 Å². The van der Waals surface area contributed by atoms with Crippen molar-refractivity contribution in [2.75, 3.05) is 0 Å². The van der Waals surface area contributed by atoms with Crippen LogP contribution in [0.5, 0.6) is 5.88 Å². The van der Waals surface area contributed by atoms with Crippen LogP contribution >= 0.6 is 0 Å². The maximum absolute atomic E-state index is 11.6. The number of para-hydroxylation sites is 1. The van der Waals surface area contributed by atoms with E-state index in [1.165, 1.54) is 5.56 Å². The van der Waals surface area contributed by atoms with E-state index in [2.05, 4.69) is 16.0 Å². The van der Waals surface area contributed by atoms with Gasteiger partial charge in [0.05, 0.1) is 12.2 Å². The summed E-state index contributed by atoms with van der Waals surface area (Å²) in [7, 11) is 0. The Labute approximate surface area is 102 Å². The lowest BCUT2D eigenvalue weighted by molar-refractivity contribution is 0.447. The summed E-state index contributed by atoms with van der Waals surface area (Å²) in [4.78, 5) is 17.4. The van der Waals surface area contributed by atoms with Crippen LogP contribution in [0.2, 0.25) is 0 Å². The summed E-state index contributed by atoms with van der Waals surface area (Å²) in [5, 5.41) is 10.9. The molecular weight excluding hydrogens is 230 g/mol. The number of imidazole rings is 1. The van der Waals surface area contributed by atoms with Crippen molar-refractivity contribution in [1.82, 2.24) is 14.5 Å². The summed E-state index contributed by atoms with van der Waals surface area (Å²) >= 11 is 0. The van der Waals surface area contributed by atoms with Crippen LogP contribution in [-0.4, -0.2) is 19.6 Å². The lowest BCUT2D eigenvalue weighted by Gasteiger charge is -2.14. The number of aromatic nitrogens is 3. The van der Waals surface area contributed by atoms with Gasteiger partial charge in [0.15, 0.2) is 0 Å². The molecule has 0 bridgehead atoms. The van der Waals surface area contributed by atoms with Gasteiger partial charge in [0.2, 0.25) is 5.88 Å². The van der Waals surface area contributed by atoms with Gasteiger partial charge in [0.1, 0.15) is 0 Å². The summed E-state index contributed by atoms with van der Waals surface area (Å²) < 4.78 is 1.58. The fourth-order valence-corrected chi connectivity index (χ4v) is 2.76. The number of hydrogen-bond acceptors (Lipinski definition) is 2. The number of fused-ring (bicyclic) bond motifs is 4. The average molecular weight is 241 g/mol. The summed E-state index contributed by atoms with van der Waals surface area (Å²) in [5.41, 5.74) is 3.69. The zero-order valence-electron chi connectivity index (χ0n) is 9.53. The van der Waals surface area contributed by atoms with Crippen LogP contribution in [0.1, 0.15) is 17.0 Å². The number of rotatable bonds is 0. The second kappa shape index (κ2) is 3.07. The molecule has 0 unspecified atom stereocenters.